The zero-order chi connectivity index (χ0) is 19.1. The summed E-state index contributed by atoms with van der Waals surface area (Å²) in [5.74, 6) is 0.978. The lowest BCUT2D eigenvalue weighted by Crippen LogP contribution is -2.47. The van der Waals surface area contributed by atoms with Crippen LogP contribution in [0.1, 0.15) is 42.1 Å². The summed E-state index contributed by atoms with van der Waals surface area (Å²) in [7, 11) is 0. The Balaban J connectivity index is 1.34. The highest BCUT2D eigenvalue weighted by atomic mass is 35.5. The van der Waals surface area contributed by atoms with Gasteiger partial charge in [-0.2, -0.15) is 0 Å². The van der Waals surface area contributed by atoms with Crippen LogP contribution in [-0.2, 0) is 19.6 Å². The van der Waals surface area contributed by atoms with Gasteiger partial charge in [-0.05, 0) is 56.5 Å². The summed E-state index contributed by atoms with van der Waals surface area (Å²) in [6.45, 7) is 6.78. The SMILES string of the molecule is O=c1c(CN2CCCC2)ccc2n1C[C@H]1C[C@@H]2CN(Cc2ccc(Cl)cn2)C1. The average Bonchev–Trinajstić information content (AvgIpc) is 3.19. The van der Waals surface area contributed by atoms with Crippen molar-refractivity contribution in [3.63, 3.8) is 0 Å². The second-order valence-corrected chi connectivity index (χ2v) is 9.08. The van der Waals surface area contributed by atoms with E-state index in [0.29, 0.717) is 16.9 Å². The van der Waals surface area contributed by atoms with Gasteiger partial charge < -0.3 is 4.57 Å². The highest BCUT2D eigenvalue weighted by Gasteiger charge is 2.35. The third-order valence-electron chi connectivity index (χ3n) is 6.53. The number of hydrogen-bond acceptors (Lipinski definition) is 4. The molecule has 0 radical (unpaired) electrons. The lowest BCUT2D eigenvalue weighted by Gasteiger charge is -2.43. The fourth-order valence-electron chi connectivity index (χ4n) is 5.25. The van der Waals surface area contributed by atoms with E-state index in [9.17, 15) is 4.79 Å². The number of pyridine rings is 2. The topological polar surface area (TPSA) is 41.4 Å². The van der Waals surface area contributed by atoms with E-state index in [-0.39, 0.29) is 5.56 Å². The molecule has 2 atom stereocenters. The smallest absolute Gasteiger partial charge is 0.255 e. The molecule has 6 heteroatoms. The molecule has 2 bridgehead atoms. The molecule has 0 N–H and O–H groups in total. The number of hydrogen-bond donors (Lipinski definition) is 0. The second-order valence-electron chi connectivity index (χ2n) is 8.64. The van der Waals surface area contributed by atoms with Crippen molar-refractivity contribution in [2.24, 2.45) is 5.92 Å². The molecule has 3 aliphatic rings. The predicted octanol–water partition coefficient (Wildman–Crippen LogP) is 3.11. The van der Waals surface area contributed by atoms with Gasteiger partial charge in [0.1, 0.15) is 0 Å². The minimum atomic E-state index is 0.243. The summed E-state index contributed by atoms with van der Waals surface area (Å²) in [5.41, 5.74) is 3.49. The van der Waals surface area contributed by atoms with Crippen molar-refractivity contribution < 1.29 is 0 Å². The van der Waals surface area contributed by atoms with Gasteiger partial charge in [-0.15, -0.1) is 0 Å². The standard InChI is InChI=1S/C22H27ClN4O/c23-19-4-5-20(24-10-19)15-26-11-16-9-18(14-26)21-6-3-17(22(28)27(21)12-16)13-25-7-1-2-8-25/h3-6,10,16,18H,1-2,7-9,11-15H2/t16-,18+/m0/s1. The number of rotatable bonds is 4. The number of aromatic nitrogens is 2. The second kappa shape index (κ2) is 7.62. The zero-order valence-electron chi connectivity index (χ0n) is 16.2. The molecule has 2 aromatic heterocycles. The number of fused-ring (bicyclic) bond motifs is 4. The highest BCUT2D eigenvalue weighted by Crippen LogP contribution is 2.35. The maximum absolute atomic E-state index is 13.1. The summed E-state index contributed by atoms with van der Waals surface area (Å²) in [6, 6.07) is 8.23. The highest BCUT2D eigenvalue weighted by molar-refractivity contribution is 6.30. The Morgan fingerprint density at radius 2 is 1.86 bits per heavy atom. The summed E-state index contributed by atoms with van der Waals surface area (Å²) >= 11 is 5.96. The molecular weight excluding hydrogens is 372 g/mol. The molecule has 0 aliphatic carbocycles. The minimum Gasteiger partial charge on any atom is -0.312 e. The summed E-state index contributed by atoms with van der Waals surface area (Å²) in [5, 5.41) is 0.678. The van der Waals surface area contributed by atoms with E-state index in [1.165, 1.54) is 25.0 Å². The van der Waals surface area contributed by atoms with Crippen molar-refractivity contribution in [3.8, 4) is 0 Å². The minimum absolute atomic E-state index is 0.243. The van der Waals surface area contributed by atoms with Gasteiger partial charge in [0.25, 0.3) is 5.56 Å². The molecule has 0 spiro atoms. The van der Waals surface area contributed by atoms with Crippen LogP contribution in [0.25, 0.3) is 0 Å². The maximum Gasteiger partial charge on any atom is 0.255 e. The summed E-state index contributed by atoms with van der Waals surface area (Å²) in [4.78, 5) is 22.5. The molecule has 5 rings (SSSR count). The Bertz CT molecular complexity index is 904. The molecule has 5 nitrogen and oxygen atoms in total. The van der Waals surface area contributed by atoms with Crippen LogP contribution in [0, 0.1) is 5.92 Å². The molecule has 0 amide bonds. The van der Waals surface area contributed by atoms with Crippen molar-refractivity contribution in [2.75, 3.05) is 26.2 Å². The molecule has 2 fully saturated rings. The largest absolute Gasteiger partial charge is 0.312 e. The number of piperidine rings is 1. The van der Waals surface area contributed by atoms with Crippen LogP contribution in [-0.4, -0.2) is 45.5 Å². The molecule has 0 saturated carbocycles. The first-order valence-electron chi connectivity index (χ1n) is 10.4. The lowest BCUT2D eigenvalue weighted by molar-refractivity contribution is 0.113. The Labute approximate surface area is 170 Å². The van der Waals surface area contributed by atoms with Crippen molar-refractivity contribution >= 4 is 11.6 Å². The van der Waals surface area contributed by atoms with E-state index in [0.717, 1.165) is 57.1 Å². The molecule has 0 aromatic carbocycles. The van der Waals surface area contributed by atoms with Gasteiger partial charge in [0.05, 0.1) is 10.7 Å². The molecule has 3 aliphatic heterocycles. The van der Waals surface area contributed by atoms with E-state index in [2.05, 4.69) is 31.5 Å². The first-order chi connectivity index (χ1) is 13.7. The van der Waals surface area contributed by atoms with E-state index in [1.807, 2.05) is 12.1 Å². The summed E-state index contributed by atoms with van der Waals surface area (Å²) in [6.07, 6.45) is 5.43. The van der Waals surface area contributed by atoms with Gasteiger partial charge in [0, 0.05) is 56.1 Å². The van der Waals surface area contributed by atoms with Crippen molar-refractivity contribution in [1.29, 1.82) is 0 Å². The van der Waals surface area contributed by atoms with Crippen LogP contribution in [0.3, 0.4) is 0 Å². The van der Waals surface area contributed by atoms with Gasteiger partial charge in [-0.1, -0.05) is 17.7 Å². The number of nitrogens with zero attached hydrogens (tertiary/aromatic N) is 4. The lowest BCUT2D eigenvalue weighted by atomic mass is 9.83. The summed E-state index contributed by atoms with van der Waals surface area (Å²) < 4.78 is 2.09. The van der Waals surface area contributed by atoms with Gasteiger partial charge in [0.15, 0.2) is 0 Å². The zero-order valence-corrected chi connectivity index (χ0v) is 16.9. The molecule has 0 unspecified atom stereocenters. The first kappa shape index (κ1) is 18.3. The Kier molecular flexibility index (Phi) is 4.99. The fourth-order valence-corrected chi connectivity index (χ4v) is 5.36. The average molecular weight is 399 g/mol. The van der Waals surface area contributed by atoms with Crippen LogP contribution in [0.4, 0.5) is 0 Å². The number of halogens is 1. The van der Waals surface area contributed by atoms with Gasteiger partial charge in [-0.25, -0.2) is 0 Å². The Hall–Kier alpha value is -1.69. The Morgan fingerprint density at radius 1 is 1.00 bits per heavy atom. The van der Waals surface area contributed by atoms with E-state index < -0.39 is 0 Å². The van der Waals surface area contributed by atoms with Crippen LogP contribution < -0.4 is 5.56 Å². The molecule has 28 heavy (non-hydrogen) atoms. The van der Waals surface area contributed by atoms with E-state index in [1.54, 1.807) is 6.20 Å². The van der Waals surface area contributed by atoms with Crippen molar-refractivity contribution in [3.05, 3.63) is 62.8 Å². The molecule has 5 heterocycles. The van der Waals surface area contributed by atoms with Crippen LogP contribution >= 0.6 is 11.6 Å². The Morgan fingerprint density at radius 3 is 2.64 bits per heavy atom. The third kappa shape index (κ3) is 3.63. The van der Waals surface area contributed by atoms with Gasteiger partial charge >= 0.3 is 0 Å². The maximum atomic E-state index is 13.1. The predicted molar refractivity (Wildman–Crippen MR) is 111 cm³/mol. The van der Waals surface area contributed by atoms with Crippen LogP contribution in [0.15, 0.2) is 35.3 Å². The fraction of sp³-hybridized carbons (Fsp3) is 0.545. The molecule has 148 valence electrons. The van der Waals surface area contributed by atoms with E-state index >= 15 is 0 Å². The van der Waals surface area contributed by atoms with Crippen molar-refractivity contribution in [2.45, 2.75) is 44.8 Å². The monoisotopic (exact) mass is 398 g/mol. The molecule has 2 aromatic rings. The van der Waals surface area contributed by atoms with Crippen LogP contribution in [0.2, 0.25) is 5.02 Å². The van der Waals surface area contributed by atoms with Gasteiger partial charge in [0.2, 0.25) is 0 Å². The normalized spacial score (nSPS) is 25.0. The molecular formula is C22H27ClN4O. The van der Waals surface area contributed by atoms with E-state index in [4.69, 9.17) is 11.6 Å². The quantitative estimate of drug-likeness (QED) is 0.793. The van der Waals surface area contributed by atoms with Gasteiger partial charge in [-0.3, -0.25) is 19.6 Å². The number of likely N-dealkylation sites (tertiary alicyclic amines) is 2. The van der Waals surface area contributed by atoms with Crippen molar-refractivity contribution in [1.82, 2.24) is 19.4 Å². The third-order valence-corrected chi connectivity index (χ3v) is 6.75. The molecule has 2 saturated heterocycles. The first-order valence-corrected chi connectivity index (χ1v) is 10.8. The van der Waals surface area contributed by atoms with Crippen LogP contribution in [0.5, 0.6) is 0 Å².